The quantitative estimate of drug-likeness (QED) is 0.530. The average molecular weight is 401 g/mol. The van der Waals surface area contributed by atoms with Crippen molar-refractivity contribution < 1.29 is 28.6 Å². The summed E-state index contributed by atoms with van der Waals surface area (Å²) in [4.78, 5) is 38.4. The molecular weight excluding hydrogens is 381 g/mol. The minimum Gasteiger partial charge on any atom is -0.481 e. The third-order valence-electron chi connectivity index (χ3n) is 4.70. The molecule has 0 aliphatic carbocycles. The van der Waals surface area contributed by atoms with Gasteiger partial charge in [0.05, 0.1) is 23.7 Å². The van der Waals surface area contributed by atoms with E-state index in [1.165, 1.54) is 31.5 Å². The first-order chi connectivity index (χ1) is 13.8. The van der Waals surface area contributed by atoms with Crippen molar-refractivity contribution >= 4 is 35.1 Å². The van der Waals surface area contributed by atoms with E-state index in [4.69, 9.17) is 9.84 Å². The Labute approximate surface area is 165 Å². The molecule has 0 saturated heterocycles. The van der Waals surface area contributed by atoms with Gasteiger partial charge in [-0.15, -0.1) is 0 Å². The topological polar surface area (TPSA) is 121 Å². The molecule has 9 heteroatoms. The van der Waals surface area contributed by atoms with Crippen LogP contribution in [0.25, 0.3) is 11.6 Å². The summed E-state index contributed by atoms with van der Waals surface area (Å²) in [6, 6.07) is 4.04. The molecule has 2 heterocycles. The molecule has 1 aromatic carbocycles. The maximum absolute atomic E-state index is 13.6. The number of aromatic amines is 1. The molecule has 0 radical (unpaired) electrons. The number of amides is 2. The molecule has 1 unspecified atom stereocenters. The van der Waals surface area contributed by atoms with Crippen molar-refractivity contribution in [2.45, 2.75) is 19.4 Å². The van der Waals surface area contributed by atoms with Crippen LogP contribution in [-0.4, -0.2) is 47.6 Å². The first kappa shape index (κ1) is 20.3. The van der Waals surface area contributed by atoms with Gasteiger partial charge in [-0.1, -0.05) is 0 Å². The van der Waals surface area contributed by atoms with Gasteiger partial charge in [0.2, 0.25) is 0 Å². The van der Waals surface area contributed by atoms with Gasteiger partial charge in [-0.25, -0.2) is 4.39 Å². The maximum atomic E-state index is 13.6. The molecule has 2 aromatic rings. The van der Waals surface area contributed by atoms with Crippen LogP contribution < -0.4 is 10.6 Å². The first-order valence-corrected chi connectivity index (χ1v) is 8.84. The number of halogens is 1. The van der Waals surface area contributed by atoms with Crippen LogP contribution in [0.4, 0.5) is 10.1 Å². The minimum atomic E-state index is -1.02. The molecule has 1 aromatic heterocycles. The van der Waals surface area contributed by atoms with Gasteiger partial charge in [0.25, 0.3) is 11.8 Å². The Morgan fingerprint density at radius 1 is 1.38 bits per heavy atom. The van der Waals surface area contributed by atoms with Crippen LogP contribution in [0, 0.1) is 12.7 Å². The van der Waals surface area contributed by atoms with Gasteiger partial charge in [-0.2, -0.15) is 0 Å². The summed E-state index contributed by atoms with van der Waals surface area (Å²) in [7, 11) is 1.37. The number of carbonyl (C=O) groups excluding carboxylic acids is 2. The predicted octanol–water partition coefficient (Wildman–Crippen LogP) is 2.17. The third-order valence-corrected chi connectivity index (χ3v) is 4.70. The van der Waals surface area contributed by atoms with E-state index >= 15 is 0 Å². The van der Waals surface area contributed by atoms with Crippen LogP contribution >= 0.6 is 0 Å². The van der Waals surface area contributed by atoms with E-state index in [9.17, 15) is 18.8 Å². The second-order valence-corrected chi connectivity index (χ2v) is 6.61. The van der Waals surface area contributed by atoms with Gasteiger partial charge in [-0.05, 0) is 36.8 Å². The Balaban J connectivity index is 1.79. The van der Waals surface area contributed by atoms with Crippen molar-refractivity contribution in [3.05, 3.63) is 52.6 Å². The van der Waals surface area contributed by atoms with Gasteiger partial charge in [0.1, 0.15) is 5.82 Å². The lowest BCUT2D eigenvalue weighted by Crippen LogP contribution is -2.34. The largest absolute Gasteiger partial charge is 0.481 e. The molecule has 4 N–H and O–H groups in total. The number of hydrogen-bond acceptors (Lipinski definition) is 4. The van der Waals surface area contributed by atoms with Crippen molar-refractivity contribution in [2.75, 3.05) is 19.0 Å². The monoisotopic (exact) mass is 401 g/mol. The number of rotatable bonds is 7. The van der Waals surface area contributed by atoms with E-state index < -0.39 is 23.8 Å². The van der Waals surface area contributed by atoms with E-state index in [0.29, 0.717) is 28.1 Å². The highest BCUT2D eigenvalue weighted by atomic mass is 19.1. The Kier molecular flexibility index (Phi) is 5.79. The van der Waals surface area contributed by atoms with Crippen molar-refractivity contribution in [1.82, 2.24) is 10.3 Å². The standard InChI is InChI=1S/C20H20FN3O5/c1-10-15(19(27)23-8-12(29-2)6-18(25)26)9-22-17(10)7-14-13-5-11(21)3-4-16(13)24-20(14)28/h3-5,7,9,12,22H,6,8H2,1-2H3,(H,23,27)(H,24,28)(H,25,26)/b14-7-. The SMILES string of the molecule is COC(CNC(=O)c1c[nH]c(/C=C2\C(=O)Nc3ccc(F)cc32)c1C)CC(=O)O. The summed E-state index contributed by atoms with van der Waals surface area (Å²) in [6.45, 7) is 1.75. The van der Waals surface area contributed by atoms with Crippen molar-refractivity contribution in [3.63, 3.8) is 0 Å². The smallest absolute Gasteiger partial charge is 0.306 e. The highest BCUT2D eigenvalue weighted by Crippen LogP contribution is 2.34. The molecular formula is C20H20FN3O5. The fourth-order valence-corrected chi connectivity index (χ4v) is 3.08. The highest BCUT2D eigenvalue weighted by Gasteiger charge is 2.25. The summed E-state index contributed by atoms with van der Waals surface area (Å²) < 4.78 is 18.6. The van der Waals surface area contributed by atoms with E-state index in [1.807, 2.05) is 0 Å². The fraction of sp³-hybridized carbons (Fsp3) is 0.250. The van der Waals surface area contributed by atoms with Gasteiger partial charge in [0, 0.05) is 36.8 Å². The van der Waals surface area contributed by atoms with E-state index in [0.717, 1.165) is 0 Å². The van der Waals surface area contributed by atoms with Crippen LogP contribution in [0.2, 0.25) is 0 Å². The van der Waals surface area contributed by atoms with Crippen LogP contribution in [0.3, 0.4) is 0 Å². The summed E-state index contributed by atoms with van der Waals surface area (Å²) in [5, 5.41) is 14.1. The zero-order chi connectivity index (χ0) is 21.1. The molecule has 3 rings (SSSR count). The molecule has 0 fully saturated rings. The average Bonchev–Trinajstić information content (AvgIpc) is 3.18. The number of fused-ring (bicyclic) bond motifs is 1. The Morgan fingerprint density at radius 2 is 2.14 bits per heavy atom. The van der Waals surface area contributed by atoms with Crippen molar-refractivity contribution in [1.29, 1.82) is 0 Å². The Bertz CT molecular complexity index is 1010. The Morgan fingerprint density at radius 3 is 2.83 bits per heavy atom. The molecule has 0 saturated carbocycles. The van der Waals surface area contributed by atoms with Gasteiger partial charge >= 0.3 is 5.97 Å². The number of H-pyrrole nitrogens is 1. The number of carbonyl (C=O) groups is 3. The summed E-state index contributed by atoms with van der Waals surface area (Å²) in [5.41, 5.74) is 2.74. The van der Waals surface area contributed by atoms with E-state index in [-0.39, 0.29) is 24.4 Å². The number of carboxylic acids is 1. The number of carboxylic acid groups (broad SMARTS) is 1. The second-order valence-electron chi connectivity index (χ2n) is 6.61. The van der Waals surface area contributed by atoms with E-state index in [1.54, 1.807) is 13.0 Å². The molecule has 0 spiro atoms. The number of ether oxygens (including phenoxy) is 1. The molecule has 1 aliphatic rings. The lowest BCUT2D eigenvalue weighted by molar-refractivity contribution is -0.139. The van der Waals surface area contributed by atoms with Gasteiger partial charge in [-0.3, -0.25) is 14.4 Å². The molecule has 2 amide bonds. The van der Waals surface area contributed by atoms with Crippen LogP contribution in [0.1, 0.15) is 33.6 Å². The van der Waals surface area contributed by atoms with Crippen molar-refractivity contribution in [3.8, 4) is 0 Å². The fourth-order valence-electron chi connectivity index (χ4n) is 3.08. The number of aromatic nitrogens is 1. The number of anilines is 1. The first-order valence-electron chi connectivity index (χ1n) is 8.84. The van der Waals surface area contributed by atoms with E-state index in [2.05, 4.69) is 15.6 Å². The zero-order valence-corrected chi connectivity index (χ0v) is 15.8. The molecule has 1 aliphatic heterocycles. The molecule has 152 valence electrons. The summed E-state index contributed by atoms with van der Waals surface area (Å²) in [6.07, 6.45) is 2.18. The number of benzene rings is 1. The predicted molar refractivity (Wildman–Crippen MR) is 104 cm³/mol. The second kappa shape index (κ2) is 8.27. The number of nitrogens with one attached hydrogen (secondary N) is 3. The lowest BCUT2D eigenvalue weighted by Gasteiger charge is -2.13. The number of hydrogen-bond donors (Lipinski definition) is 4. The highest BCUT2D eigenvalue weighted by molar-refractivity contribution is 6.34. The Hall–Kier alpha value is -3.46. The molecule has 29 heavy (non-hydrogen) atoms. The van der Waals surface area contributed by atoms with Crippen LogP contribution in [-0.2, 0) is 14.3 Å². The van der Waals surface area contributed by atoms with Gasteiger partial charge in [0.15, 0.2) is 0 Å². The van der Waals surface area contributed by atoms with Crippen LogP contribution in [0.5, 0.6) is 0 Å². The zero-order valence-electron chi connectivity index (χ0n) is 15.8. The van der Waals surface area contributed by atoms with Crippen LogP contribution in [0.15, 0.2) is 24.4 Å². The molecule has 1 atom stereocenters. The maximum Gasteiger partial charge on any atom is 0.306 e. The third kappa shape index (κ3) is 4.35. The summed E-state index contributed by atoms with van der Waals surface area (Å²) >= 11 is 0. The molecule has 0 bridgehead atoms. The van der Waals surface area contributed by atoms with Crippen molar-refractivity contribution in [2.24, 2.45) is 0 Å². The lowest BCUT2D eigenvalue weighted by atomic mass is 10.0. The normalized spacial score (nSPS) is 15.1. The number of aliphatic carboxylic acids is 1. The van der Waals surface area contributed by atoms with Gasteiger partial charge < -0.3 is 25.5 Å². The summed E-state index contributed by atoms with van der Waals surface area (Å²) in [5.74, 6) is -2.24. The minimum absolute atomic E-state index is 0.0394. The number of methoxy groups -OCH3 is 1. The molecule has 8 nitrogen and oxygen atoms in total.